The molecule has 0 spiro atoms. The van der Waals surface area contributed by atoms with Gasteiger partial charge in [-0.2, -0.15) is 9.29 Å². The van der Waals surface area contributed by atoms with Crippen LogP contribution in [0.1, 0.15) is 63.1 Å². The summed E-state index contributed by atoms with van der Waals surface area (Å²) in [6.45, 7) is 6.66. The summed E-state index contributed by atoms with van der Waals surface area (Å²) in [5.74, 6) is 2.55. The highest BCUT2D eigenvalue weighted by Gasteiger charge is 2.36. The molecule has 2 aliphatic rings. The van der Waals surface area contributed by atoms with Gasteiger partial charge in [-0.1, -0.05) is 45.1 Å². The highest BCUT2D eigenvalue weighted by atomic mass is 32.2. The maximum Gasteiger partial charge on any atom is 0.237 e. The molecule has 4 heterocycles. The maximum atomic E-state index is 13.6. The first-order chi connectivity index (χ1) is 21.8. The minimum absolute atomic E-state index is 0.0613. The number of imidazole rings is 1. The Morgan fingerprint density at radius 3 is 2.62 bits per heavy atom. The topological polar surface area (TPSA) is 132 Å². The summed E-state index contributed by atoms with van der Waals surface area (Å²) in [6.07, 6.45) is 11.8. The second kappa shape index (κ2) is 15.5. The number of rotatable bonds is 15. The van der Waals surface area contributed by atoms with Crippen molar-refractivity contribution in [3.05, 3.63) is 54.2 Å². The molecule has 1 atom stereocenters. The molecule has 2 aromatic heterocycles. The molecule has 12 nitrogen and oxygen atoms in total. The van der Waals surface area contributed by atoms with E-state index in [1.165, 1.54) is 6.42 Å². The number of anilines is 1. The number of hydrogen-bond acceptors (Lipinski definition) is 9. The summed E-state index contributed by atoms with van der Waals surface area (Å²) < 4.78 is 41.8. The molecule has 1 fully saturated rings. The number of nitrogens with zero attached hydrogens (tertiary/aromatic N) is 6. The molecule has 0 saturated carbocycles. The molecule has 13 heteroatoms. The fourth-order valence-corrected chi connectivity index (χ4v) is 7.59. The number of aromatic nitrogens is 4. The number of benzene rings is 1. The molecule has 1 N–H and O–H groups in total. The predicted octanol–water partition coefficient (Wildman–Crippen LogP) is 3.67. The minimum atomic E-state index is -3.54. The summed E-state index contributed by atoms with van der Waals surface area (Å²) in [7, 11) is -3.54. The Hall–Kier alpha value is -3.71. The van der Waals surface area contributed by atoms with Crippen molar-refractivity contribution in [1.29, 1.82) is 0 Å². The fraction of sp³-hybridized carbons (Fsp3) is 0.562. The first-order valence-corrected chi connectivity index (χ1v) is 17.7. The Morgan fingerprint density at radius 2 is 1.82 bits per heavy atom. The van der Waals surface area contributed by atoms with E-state index in [-0.39, 0.29) is 24.6 Å². The molecule has 1 saturated heterocycles. The lowest BCUT2D eigenvalue weighted by Crippen LogP contribution is -2.57. The third kappa shape index (κ3) is 8.94. The number of carbonyl (C=O) groups excluding carboxylic acids is 1. The molecule has 45 heavy (non-hydrogen) atoms. The third-order valence-electron chi connectivity index (χ3n) is 8.19. The molecule has 0 bridgehead atoms. The van der Waals surface area contributed by atoms with Gasteiger partial charge < -0.3 is 19.7 Å². The lowest BCUT2D eigenvalue weighted by Gasteiger charge is -2.41. The van der Waals surface area contributed by atoms with Gasteiger partial charge in [-0.15, -0.1) is 0 Å². The number of aryl methyl sites for hydroxylation is 1. The van der Waals surface area contributed by atoms with Crippen molar-refractivity contribution in [1.82, 2.24) is 29.1 Å². The van der Waals surface area contributed by atoms with Gasteiger partial charge in [0.15, 0.2) is 11.5 Å². The molecule has 0 radical (unpaired) electrons. The van der Waals surface area contributed by atoms with Crippen LogP contribution in [0.5, 0.6) is 11.5 Å². The number of fused-ring (bicyclic) bond motifs is 1. The van der Waals surface area contributed by atoms with Gasteiger partial charge >= 0.3 is 0 Å². The highest BCUT2D eigenvalue weighted by molar-refractivity contribution is 7.89. The zero-order valence-corrected chi connectivity index (χ0v) is 27.2. The van der Waals surface area contributed by atoms with Gasteiger partial charge in [-0.25, -0.2) is 18.4 Å². The van der Waals surface area contributed by atoms with E-state index in [0.29, 0.717) is 57.5 Å². The summed E-state index contributed by atoms with van der Waals surface area (Å²) in [4.78, 5) is 28.7. The van der Waals surface area contributed by atoms with Crippen LogP contribution in [0.2, 0.25) is 0 Å². The number of nitrogens with one attached hydrogen (secondary N) is 1. The number of amides is 1. The van der Waals surface area contributed by atoms with Gasteiger partial charge in [0.25, 0.3) is 0 Å². The molecule has 1 amide bonds. The van der Waals surface area contributed by atoms with Crippen LogP contribution in [0.15, 0.2) is 43.0 Å². The smallest absolute Gasteiger partial charge is 0.237 e. The standard InChI is InChI=1S/C32H45N7O5S/c1-3-4-5-6-7-8-19-45(41,42)39-16-15-37(30-20-25(2)35-32(36-30)38-14-13-33-24-38)23-27(39)22-31(40)34-12-11-26-9-10-28-29(21-26)44-18-17-43-28/h9-10,13-14,20-21,24,27H,3-8,11-12,15-19,22-23H2,1-2H3,(H,34,40). The van der Waals surface area contributed by atoms with Crippen LogP contribution in [0, 0.1) is 6.92 Å². The van der Waals surface area contributed by atoms with E-state index >= 15 is 0 Å². The molecule has 1 unspecified atom stereocenters. The van der Waals surface area contributed by atoms with Crippen LogP contribution < -0.4 is 19.7 Å². The maximum absolute atomic E-state index is 13.6. The Balaban J connectivity index is 1.25. The fourth-order valence-electron chi connectivity index (χ4n) is 5.83. The molecular formula is C32H45N7O5S. The van der Waals surface area contributed by atoms with E-state index in [1.807, 2.05) is 31.2 Å². The number of ether oxygens (including phenoxy) is 2. The summed E-state index contributed by atoms with van der Waals surface area (Å²) in [5.41, 5.74) is 1.81. The van der Waals surface area contributed by atoms with Gasteiger partial charge in [-0.3, -0.25) is 9.36 Å². The van der Waals surface area contributed by atoms with Crippen LogP contribution >= 0.6 is 0 Å². The number of piperazine rings is 1. The van der Waals surface area contributed by atoms with E-state index < -0.39 is 16.1 Å². The van der Waals surface area contributed by atoms with E-state index in [2.05, 4.69) is 27.1 Å². The van der Waals surface area contributed by atoms with Crippen LogP contribution in [0.4, 0.5) is 5.82 Å². The Morgan fingerprint density at radius 1 is 1.02 bits per heavy atom. The molecule has 244 valence electrons. The van der Waals surface area contributed by atoms with Gasteiger partial charge in [0.05, 0.1) is 11.8 Å². The molecule has 5 rings (SSSR count). The van der Waals surface area contributed by atoms with Crippen LogP contribution in [0.25, 0.3) is 5.95 Å². The first-order valence-electron chi connectivity index (χ1n) is 16.1. The summed E-state index contributed by atoms with van der Waals surface area (Å²) in [5, 5.41) is 3.01. The Bertz CT molecular complexity index is 1520. The first kappa shape index (κ1) is 32.7. The molecular weight excluding hydrogens is 594 g/mol. The van der Waals surface area contributed by atoms with Gasteiger partial charge in [0, 0.05) is 56.8 Å². The highest BCUT2D eigenvalue weighted by Crippen LogP contribution is 2.31. The van der Waals surface area contributed by atoms with Crippen molar-refractivity contribution in [2.75, 3.05) is 50.0 Å². The average molecular weight is 640 g/mol. The Labute approximate surface area is 266 Å². The zero-order chi connectivity index (χ0) is 31.6. The number of sulfonamides is 1. The van der Waals surface area contributed by atoms with Crippen molar-refractivity contribution in [3.63, 3.8) is 0 Å². The van der Waals surface area contributed by atoms with Gasteiger partial charge in [0.1, 0.15) is 25.4 Å². The average Bonchev–Trinajstić information content (AvgIpc) is 3.58. The summed E-state index contributed by atoms with van der Waals surface area (Å²) in [6, 6.07) is 7.17. The number of unbranched alkanes of at least 4 members (excludes halogenated alkanes) is 5. The van der Waals surface area contributed by atoms with Crippen molar-refractivity contribution >= 4 is 21.7 Å². The van der Waals surface area contributed by atoms with Crippen molar-refractivity contribution in [2.45, 2.75) is 71.3 Å². The largest absolute Gasteiger partial charge is 0.486 e. The van der Waals surface area contributed by atoms with Crippen molar-refractivity contribution < 1.29 is 22.7 Å². The number of carbonyl (C=O) groups is 1. The SMILES string of the molecule is CCCCCCCCS(=O)(=O)N1CCN(c2cc(C)nc(-n3ccnc3)n2)CC1CC(=O)NCCc1ccc2c(c1)OCCO2. The molecule has 2 aliphatic heterocycles. The quantitative estimate of drug-likeness (QED) is 0.248. The summed E-state index contributed by atoms with van der Waals surface area (Å²) >= 11 is 0. The second-order valence-corrected chi connectivity index (χ2v) is 13.8. The number of hydrogen-bond donors (Lipinski definition) is 1. The van der Waals surface area contributed by atoms with Crippen molar-refractivity contribution in [3.8, 4) is 17.4 Å². The lowest BCUT2D eigenvalue weighted by molar-refractivity contribution is -0.121. The predicted molar refractivity (Wildman–Crippen MR) is 173 cm³/mol. The van der Waals surface area contributed by atoms with Gasteiger partial charge in [-0.05, 0) is 37.5 Å². The zero-order valence-electron chi connectivity index (χ0n) is 26.4. The normalized spacial score (nSPS) is 16.9. The minimum Gasteiger partial charge on any atom is -0.486 e. The van der Waals surface area contributed by atoms with E-state index in [0.717, 1.165) is 48.4 Å². The lowest BCUT2D eigenvalue weighted by atomic mass is 10.1. The van der Waals surface area contributed by atoms with E-state index in [1.54, 1.807) is 27.6 Å². The van der Waals surface area contributed by atoms with Crippen LogP contribution in [0.3, 0.4) is 0 Å². The molecule has 1 aromatic carbocycles. The third-order valence-corrected chi connectivity index (χ3v) is 10.2. The second-order valence-electron chi connectivity index (χ2n) is 11.7. The van der Waals surface area contributed by atoms with Gasteiger partial charge in [0.2, 0.25) is 21.9 Å². The molecule has 0 aliphatic carbocycles. The van der Waals surface area contributed by atoms with Crippen LogP contribution in [-0.2, 0) is 21.2 Å². The molecule has 3 aromatic rings. The van der Waals surface area contributed by atoms with E-state index in [4.69, 9.17) is 14.5 Å². The van der Waals surface area contributed by atoms with E-state index in [9.17, 15) is 13.2 Å². The van der Waals surface area contributed by atoms with Crippen LogP contribution in [-0.4, -0.2) is 89.3 Å². The van der Waals surface area contributed by atoms with Crippen molar-refractivity contribution in [2.24, 2.45) is 0 Å². The monoisotopic (exact) mass is 639 g/mol. The Kier molecular flexibility index (Phi) is 11.3.